The molecule has 0 unspecified atom stereocenters. The minimum Gasteiger partial charge on any atom is -0.480 e. The molecule has 0 spiro atoms. The zero-order valence-corrected chi connectivity index (χ0v) is 20.3. The number of nitrogens with zero attached hydrogens (tertiary/aromatic N) is 2. The standard InChI is InChI=1S/C24H25N3O5S2/c1-9(2)6-13(23(30)31)27-21(28)16-11-7-12(17(16)22(27)29)18-15(11)14(10-4-3-5-25-8-10)19-20(33-18)26-24(32)34-19/h3-5,8-9,11-18H,6-7H2,1-2H3,(H,26,32)(H,30,31)/t11-,12-,13+,14-,15-,16-,17+,18-/m1/s1. The van der Waals surface area contributed by atoms with Crippen LogP contribution in [-0.4, -0.2) is 49.0 Å². The number of fused-ring (bicyclic) bond motifs is 9. The van der Waals surface area contributed by atoms with Crippen LogP contribution in [0.4, 0.5) is 0 Å². The van der Waals surface area contributed by atoms with Gasteiger partial charge in [0.1, 0.15) is 6.04 Å². The first kappa shape index (κ1) is 22.0. The van der Waals surface area contributed by atoms with Crippen molar-refractivity contribution in [2.24, 2.45) is 35.5 Å². The van der Waals surface area contributed by atoms with E-state index in [9.17, 15) is 24.3 Å². The number of likely N-dealkylation sites (tertiary alicyclic amines) is 1. The molecule has 10 heteroatoms. The van der Waals surface area contributed by atoms with Crippen LogP contribution in [0, 0.1) is 35.5 Å². The van der Waals surface area contributed by atoms with Crippen LogP contribution in [-0.2, 0) is 14.4 Å². The summed E-state index contributed by atoms with van der Waals surface area (Å²) in [5, 5.41) is 10.8. The number of aromatic amines is 1. The number of carboxylic acid groups (broad SMARTS) is 1. The number of pyridine rings is 1. The second kappa shape index (κ2) is 7.78. The highest BCUT2D eigenvalue weighted by molar-refractivity contribution is 8.00. The fraction of sp³-hybridized carbons (Fsp3) is 0.542. The lowest BCUT2D eigenvalue weighted by atomic mass is 9.68. The van der Waals surface area contributed by atoms with Crippen molar-refractivity contribution in [1.82, 2.24) is 14.9 Å². The molecule has 2 amide bonds. The van der Waals surface area contributed by atoms with Gasteiger partial charge in [0.15, 0.2) is 0 Å². The Hall–Kier alpha value is -2.46. The molecule has 1 saturated heterocycles. The fourth-order valence-electron chi connectivity index (χ4n) is 7.04. The minimum absolute atomic E-state index is 0.0179. The summed E-state index contributed by atoms with van der Waals surface area (Å²) in [6.07, 6.45) is 4.57. The van der Waals surface area contributed by atoms with Gasteiger partial charge in [-0.05, 0) is 48.1 Å². The summed E-state index contributed by atoms with van der Waals surface area (Å²) in [5.41, 5.74) is 1.01. The lowest BCUT2D eigenvalue weighted by Crippen LogP contribution is -2.47. The highest BCUT2D eigenvalue weighted by atomic mass is 32.2. The minimum atomic E-state index is -1.12. The van der Waals surface area contributed by atoms with Gasteiger partial charge in [-0.25, -0.2) is 4.79 Å². The number of carboxylic acids is 1. The van der Waals surface area contributed by atoms with Gasteiger partial charge >= 0.3 is 10.8 Å². The molecule has 2 aromatic rings. The number of carbonyl (C=O) groups is 3. The Kier molecular flexibility index (Phi) is 5.04. The highest BCUT2D eigenvalue weighted by Crippen LogP contribution is 2.68. The Balaban J connectivity index is 1.42. The van der Waals surface area contributed by atoms with Gasteiger partial charge in [-0.1, -0.05) is 31.3 Å². The van der Waals surface area contributed by atoms with Crippen LogP contribution in [0.1, 0.15) is 43.0 Å². The summed E-state index contributed by atoms with van der Waals surface area (Å²) in [5.74, 6) is -2.71. The molecule has 2 aliphatic carbocycles. The molecule has 2 aliphatic heterocycles. The largest absolute Gasteiger partial charge is 0.480 e. The molecule has 2 aromatic heterocycles. The zero-order valence-electron chi connectivity index (χ0n) is 18.7. The number of carbonyl (C=O) groups excluding carboxylic acids is 2. The number of amides is 2. The van der Waals surface area contributed by atoms with Crippen molar-refractivity contribution in [3.8, 4) is 0 Å². The molecule has 0 radical (unpaired) electrons. The molecule has 178 valence electrons. The van der Waals surface area contributed by atoms with E-state index in [1.807, 2.05) is 32.2 Å². The summed E-state index contributed by atoms with van der Waals surface area (Å²) in [6.45, 7) is 3.79. The first-order chi connectivity index (χ1) is 16.3. The predicted octanol–water partition coefficient (Wildman–Crippen LogP) is 2.80. The molecule has 0 aromatic carbocycles. The lowest BCUT2D eigenvalue weighted by Gasteiger charge is -2.42. The molecule has 8 nitrogen and oxygen atoms in total. The van der Waals surface area contributed by atoms with Gasteiger partial charge < -0.3 is 10.1 Å². The van der Waals surface area contributed by atoms with Crippen molar-refractivity contribution >= 4 is 40.9 Å². The monoisotopic (exact) mass is 499 g/mol. The molecule has 6 rings (SSSR count). The van der Waals surface area contributed by atoms with Gasteiger partial charge in [0.2, 0.25) is 11.8 Å². The van der Waals surface area contributed by atoms with E-state index >= 15 is 0 Å². The summed E-state index contributed by atoms with van der Waals surface area (Å²) < 4.78 is 0. The third-order valence-electron chi connectivity index (χ3n) is 8.09. The third-order valence-corrected chi connectivity index (χ3v) is 10.7. The second-order valence-corrected chi connectivity index (χ2v) is 12.5. The van der Waals surface area contributed by atoms with Crippen LogP contribution in [0.15, 0.2) is 34.3 Å². The Morgan fingerprint density at radius 3 is 2.62 bits per heavy atom. The maximum atomic E-state index is 13.7. The first-order valence-corrected chi connectivity index (χ1v) is 13.4. The molecular weight excluding hydrogens is 474 g/mol. The van der Waals surface area contributed by atoms with Crippen molar-refractivity contribution in [3.05, 3.63) is 44.6 Å². The van der Waals surface area contributed by atoms with Gasteiger partial charge in [-0.15, -0.1) is 11.8 Å². The van der Waals surface area contributed by atoms with E-state index in [0.717, 1.165) is 26.8 Å². The predicted molar refractivity (Wildman–Crippen MR) is 125 cm³/mol. The number of H-pyrrole nitrogens is 1. The van der Waals surface area contributed by atoms with Crippen LogP contribution in [0.25, 0.3) is 0 Å². The van der Waals surface area contributed by atoms with Crippen molar-refractivity contribution in [2.45, 2.75) is 48.9 Å². The number of hydrogen-bond donors (Lipinski definition) is 2. The van der Waals surface area contributed by atoms with Gasteiger partial charge in [0, 0.05) is 28.4 Å². The van der Waals surface area contributed by atoms with Crippen molar-refractivity contribution in [3.63, 3.8) is 0 Å². The van der Waals surface area contributed by atoms with Crippen molar-refractivity contribution in [2.75, 3.05) is 0 Å². The number of thiazole rings is 1. The molecular formula is C24H25N3O5S2. The topological polar surface area (TPSA) is 120 Å². The number of imide groups is 1. The summed E-state index contributed by atoms with van der Waals surface area (Å²) in [4.78, 5) is 60.8. The summed E-state index contributed by atoms with van der Waals surface area (Å²) >= 11 is 2.84. The average Bonchev–Trinajstić information content (AvgIpc) is 3.51. The molecule has 4 heterocycles. The smallest absolute Gasteiger partial charge is 0.326 e. The Labute approximate surface area is 204 Å². The highest BCUT2D eigenvalue weighted by Gasteiger charge is 2.70. The van der Waals surface area contributed by atoms with E-state index in [1.165, 1.54) is 11.3 Å². The van der Waals surface area contributed by atoms with Crippen molar-refractivity contribution < 1.29 is 19.5 Å². The van der Waals surface area contributed by atoms with E-state index in [1.54, 1.807) is 18.0 Å². The second-order valence-electron chi connectivity index (χ2n) is 10.3. The van der Waals surface area contributed by atoms with E-state index in [4.69, 9.17) is 0 Å². The van der Waals surface area contributed by atoms with E-state index in [2.05, 4.69) is 9.97 Å². The molecule has 2 bridgehead atoms. The van der Waals surface area contributed by atoms with Crippen LogP contribution in [0.3, 0.4) is 0 Å². The average molecular weight is 500 g/mol. The number of nitrogens with one attached hydrogen (secondary N) is 1. The fourth-order valence-corrected chi connectivity index (χ4v) is 9.93. The van der Waals surface area contributed by atoms with E-state index in [0.29, 0.717) is 0 Å². The third kappa shape index (κ3) is 3.00. The summed E-state index contributed by atoms with van der Waals surface area (Å²) in [6, 6.07) is 2.78. The zero-order chi connectivity index (χ0) is 23.9. The van der Waals surface area contributed by atoms with Gasteiger partial charge in [0.05, 0.1) is 16.9 Å². The SMILES string of the molecule is CC(C)C[C@@H](C(=O)O)N1C(=O)[C@@H]2[C@@H]3C[C@@H]([C@H]4Sc5[nH]c(=O)sc5[C@H](c5cccnc5)[C@@H]34)[C@@H]2C1=O. The Morgan fingerprint density at radius 1 is 1.24 bits per heavy atom. The maximum absolute atomic E-state index is 13.7. The maximum Gasteiger partial charge on any atom is 0.326 e. The van der Waals surface area contributed by atoms with Gasteiger partial charge in [-0.2, -0.15) is 0 Å². The van der Waals surface area contributed by atoms with Crippen LogP contribution >= 0.6 is 23.1 Å². The molecule has 4 aliphatic rings. The Morgan fingerprint density at radius 2 is 1.97 bits per heavy atom. The number of rotatable bonds is 5. The van der Waals surface area contributed by atoms with Crippen LogP contribution in [0.5, 0.6) is 0 Å². The number of hydrogen-bond acceptors (Lipinski definition) is 7. The van der Waals surface area contributed by atoms with Crippen LogP contribution < -0.4 is 4.87 Å². The quantitative estimate of drug-likeness (QED) is 0.607. The van der Waals surface area contributed by atoms with E-state index < -0.39 is 23.8 Å². The van der Waals surface area contributed by atoms with Gasteiger partial charge in [0.25, 0.3) is 0 Å². The molecule has 2 saturated carbocycles. The summed E-state index contributed by atoms with van der Waals surface area (Å²) in [7, 11) is 0. The van der Waals surface area contributed by atoms with E-state index in [-0.39, 0.29) is 57.9 Å². The normalized spacial score (nSPS) is 34.3. The number of aliphatic carboxylic acids is 1. The molecule has 2 N–H and O–H groups in total. The van der Waals surface area contributed by atoms with Gasteiger partial charge in [-0.3, -0.25) is 24.3 Å². The Bertz CT molecular complexity index is 1240. The molecule has 8 atom stereocenters. The molecule has 34 heavy (non-hydrogen) atoms. The lowest BCUT2D eigenvalue weighted by molar-refractivity contribution is -0.156. The number of aromatic nitrogens is 2. The van der Waals surface area contributed by atoms with Crippen molar-refractivity contribution in [1.29, 1.82) is 0 Å². The number of thioether (sulfide) groups is 1. The van der Waals surface area contributed by atoms with Crippen LogP contribution in [0.2, 0.25) is 0 Å². The first-order valence-electron chi connectivity index (χ1n) is 11.7. The molecule has 3 fully saturated rings.